The van der Waals surface area contributed by atoms with Crippen LogP contribution in [0.15, 0.2) is 47.6 Å². The summed E-state index contributed by atoms with van der Waals surface area (Å²) < 4.78 is 5.17. The zero-order chi connectivity index (χ0) is 17.5. The van der Waals surface area contributed by atoms with Crippen molar-refractivity contribution in [3.05, 3.63) is 59.2 Å². The molecule has 24 heavy (non-hydrogen) atoms. The third kappa shape index (κ3) is 4.19. The molecule has 0 fully saturated rings. The maximum absolute atomic E-state index is 12.0. The molecular weight excluding hydrogens is 306 g/mol. The second kappa shape index (κ2) is 7.92. The van der Waals surface area contributed by atoms with E-state index in [0.717, 1.165) is 11.1 Å². The van der Waals surface area contributed by atoms with Crippen LogP contribution in [0.3, 0.4) is 0 Å². The van der Waals surface area contributed by atoms with E-state index in [4.69, 9.17) is 4.74 Å². The summed E-state index contributed by atoms with van der Waals surface area (Å²) in [5, 5.41) is 6.39. The first-order valence-electron chi connectivity index (χ1n) is 7.36. The SMILES string of the molecule is COc1ccccc1/C=N/NC(=O)C(=O)Nc1c(C)cccc1C. The van der Waals surface area contributed by atoms with Gasteiger partial charge < -0.3 is 10.1 Å². The van der Waals surface area contributed by atoms with Gasteiger partial charge >= 0.3 is 11.8 Å². The molecule has 124 valence electrons. The normalized spacial score (nSPS) is 10.5. The number of amides is 2. The average molecular weight is 325 g/mol. The Balaban J connectivity index is 1.99. The minimum Gasteiger partial charge on any atom is -0.496 e. The van der Waals surface area contributed by atoms with Crippen LogP contribution in [-0.4, -0.2) is 25.1 Å². The van der Waals surface area contributed by atoms with Gasteiger partial charge in [-0.15, -0.1) is 0 Å². The van der Waals surface area contributed by atoms with Crippen LogP contribution in [0.1, 0.15) is 16.7 Å². The van der Waals surface area contributed by atoms with Crippen molar-refractivity contribution in [1.82, 2.24) is 5.43 Å². The van der Waals surface area contributed by atoms with Gasteiger partial charge in [0.15, 0.2) is 0 Å². The molecule has 0 heterocycles. The van der Waals surface area contributed by atoms with Crippen LogP contribution < -0.4 is 15.5 Å². The molecule has 2 amide bonds. The van der Waals surface area contributed by atoms with Gasteiger partial charge in [-0.2, -0.15) is 5.10 Å². The summed E-state index contributed by atoms with van der Waals surface area (Å²) >= 11 is 0. The Bertz CT molecular complexity index is 765. The van der Waals surface area contributed by atoms with Crippen LogP contribution in [0.2, 0.25) is 0 Å². The minimum atomic E-state index is -0.844. The van der Waals surface area contributed by atoms with E-state index >= 15 is 0 Å². The summed E-state index contributed by atoms with van der Waals surface area (Å²) in [7, 11) is 1.54. The Labute approximate surface area is 140 Å². The molecule has 0 unspecified atom stereocenters. The molecular formula is C18H19N3O3. The first-order chi connectivity index (χ1) is 11.5. The molecule has 0 aliphatic heterocycles. The molecule has 0 bridgehead atoms. The second-order valence-electron chi connectivity index (χ2n) is 5.16. The Morgan fingerprint density at radius 3 is 2.33 bits per heavy atom. The van der Waals surface area contributed by atoms with Crippen molar-refractivity contribution in [2.75, 3.05) is 12.4 Å². The van der Waals surface area contributed by atoms with Crippen LogP contribution in [0.25, 0.3) is 0 Å². The van der Waals surface area contributed by atoms with Crippen molar-refractivity contribution in [3.63, 3.8) is 0 Å². The number of methoxy groups -OCH3 is 1. The Kier molecular flexibility index (Phi) is 5.68. The lowest BCUT2D eigenvalue weighted by Gasteiger charge is -2.10. The lowest BCUT2D eigenvalue weighted by Crippen LogP contribution is -2.32. The number of hydrazone groups is 1. The number of nitrogens with zero attached hydrogens (tertiary/aromatic N) is 1. The molecule has 0 aliphatic carbocycles. The highest BCUT2D eigenvalue weighted by molar-refractivity contribution is 6.39. The largest absolute Gasteiger partial charge is 0.496 e. The van der Waals surface area contributed by atoms with Gasteiger partial charge in [0.2, 0.25) is 0 Å². The number of hydrogen-bond donors (Lipinski definition) is 2. The van der Waals surface area contributed by atoms with Crippen LogP contribution in [-0.2, 0) is 9.59 Å². The van der Waals surface area contributed by atoms with E-state index in [1.807, 2.05) is 44.2 Å². The highest BCUT2D eigenvalue weighted by Crippen LogP contribution is 2.19. The molecule has 0 spiro atoms. The molecule has 2 N–H and O–H groups in total. The van der Waals surface area contributed by atoms with Gasteiger partial charge in [-0.1, -0.05) is 30.3 Å². The van der Waals surface area contributed by atoms with Crippen molar-refractivity contribution >= 4 is 23.7 Å². The number of anilines is 1. The highest BCUT2D eigenvalue weighted by Gasteiger charge is 2.15. The zero-order valence-corrected chi connectivity index (χ0v) is 13.8. The fourth-order valence-electron chi connectivity index (χ4n) is 2.17. The zero-order valence-electron chi connectivity index (χ0n) is 13.8. The number of benzene rings is 2. The van der Waals surface area contributed by atoms with E-state index in [0.29, 0.717) is 17.0 Å². The van der Waals surface area contributed by atoms with Gasteiger partial charge in [-0.25, -0.2) is 5.43 Å². The fraction of sp³-hybridized carbons (Fsp3) is 0.167. The molecule has 0 aliphatic rings. The van der Waals surface area contributed by atoms with Crippen LogP contribution in [0.4, 0.5) is 5.69 Å². The Hall–Kier alpha value is -3.15. The third-order valence-electron chi connectivity index (χ3n) is 3.43. The maximum Gasteiger partial charge on any atom is 0.329 e. The van der Waals surface area contributed by atoms with Gasteiger partial charge in [-0.05, 0) is 37.1 Å². The van der Waals surface area contributed by atoms with E-state index in [1.54, 1.807) is 19.2 Å². The van der Waals surface area contributed by atoms with Crippen molar-refractivity contribution in [1.29, 1.82) is 0 Å². The minimum absolute atomic E-state index is 0.621. The van der Waals surface area contributed by atoms with Crippen molar-refractivity contribution in [2.45, 2.75) is 13.8 Å². The molecule has 0 atom stereocenters. The van der Waals surface area contributed by atoms with Crippen molar-refractivity contribution in [2.24, 2.45) is 5.10 Å². The topological polar surface area (TPSA) is 79.8 Å². The molecule has 6 nitrogen and oxygen atoms in total. The number of carbonyl (C=O) groups excluding carboxylic acids is 2. The number of carbonyl (C=O) groups is 2. The smallest absolute Gasteiger partial charge is 0.329 e. The van der Waals surface area contributed by atoms with Gasteiger partial charge in [0.25, 0.3) is 0 Å². The highest BCUT2D eigenvalue weighted by atomic mass is 16.5. The average Bonchev–Trinajstić information content (AvgIpc) is 2.58. The summed E-state index contributed by atoms with van der Waals surface area (Å²) in [5.74, 6) is -0.996. The standard InChI is InChI=1S/C18H19N3O3/c1-12-7-6-8-13(2)16(12)20-17(22)18(23)21-19-11-14-9-4-5-10-15(14)24-3/h4-11H,1-3H3,(H,20,22)(H,21,23)/b19-11+. The predicted octanol–water partition coefficient (Wildman–Crippen LogP) is 2.40. The molecule has 0 radical (unpaired) electrons. The van der Waals surface area contributed by atoms with Gasteiger partial charge in [0.1, 0.15) is 5.75 Å². The molecule has 0 saturated heterocycles. The van der Waals surface area contributed by atoms with E-state index in [-0.39, 0.29) is 0 Å². The Morgan fingerprint density at radius 1 is 1.00 bits per heavy atom. The summed E-state index contributed by atoms with van der Waals surface area (Å²) in [5.41, 5.74) is 5.29. The fourth-order valence-corrected chi connectivity index (χ4v) is 2.17. The van der Waals surface area contributed by atoms with E-state index in [2.05, 4.69) is 15.8 Å². The molecule has 0 aromatic heterocycles. The van der Waals surface area contributed by atoms with Gasteiger partial charge in [0, 0.05) is 11.3 Å². The molecule has 0 saturated carbocycles. The summed E-state index contributed by atoms with van der Waals surface area (Å²) in [4.78, 5) is 23.8. The number of ether oxygens (including phenoxy) is 1. The Morgan fingerprint density at radius 2 is 1.67 bits per heavy atom. The second-order valence-corrected chi connectivity index (χ2v) is 5.16. The van der Waals surface area contributed by atoms with Gasteiger partial charge in [-0.3, -0.25) is 9.59 Å². The lowest BCUT2D eigenvalue weighted by molar-refractivity contribution is -0.136. The predicted molar refractivity (Wildman–Crippen MR) is 93.3 cm³/mol. The molecule has 6 heteroatoms. The number of hydrogen-bond acceptors (Lipinski definition) is 4. The van der Waals surface area contributed by atoms with Crippen LogP contribution in [0, 0.1) is 13.8 Å². The van der Waals surface area contributed by atoms with E-state index < -0.39 is 11.8 Å². The number of rotatable bonds is 4. The molecule has 2 aromatic rings. The lowest BCUT2D eigenvalue weighted by atomic mass is 10.1. The first kappa shape index (κ1) is 17.2. The number of nitrogens with one attached hydrogen (secondary N) is 2. The van der Waals surface area contributed by atoms with Crippen molar-refractivity contribution in [3.8, 4) is 5.75 Å². The first-order valence-corrected chi connectivity index (χ1v) is 7.36. The van der Waals surface area contributed by atoms with Crippen LogP contribution >= 0.6 is 0 Å². The monoisotopic (exact) mass is 325 g/mol. The summed E-state index contributed by atoms with van der Waals surface area (Å²) in [6.07, 6.45) is 1.42. The van der Waals surface area contributed by atoms with Crippen molar-refractivity contribution < 1.29 is 14.3 Å². The van der Waals surface area contributed by atoms with E-state index in [1.165, 1.54) is 6.21 Å². The number of aryl methyl sites for hydroxylation is 2. The molecule has 2 aromatic carbocycles. The summed E-state index contributed by atoms with van der Waals surface area (Å²) in [6.45, 7) is 3.72. The maximum atomic E-state index is 12.0. The third-order valence-corrected chi connectivity index (χ3v) is 3.43. The van der Waals surface area contributed by atoms with E-state index in [9.17, 15) is 9.59 Å². The number of para-hydroxylation sites is 2. The van der Waals surface area contributed by atoms with Crippen LogP contribution in [0.5, 0.6) is 5.75 Å². The van der Waals surface area contributed by atoms with Gasteiger partial charge in [0.05, 0.1) is 13.3 Å². The molecule has 2 rings (SSSR count). The summed E-state index contributed by atoms with van der Waals surface area (Å²) in [6, 6.07) is 12.8. The quantitative estimate of drug-likeness (QED) is 0.515.